The molecule has 0 N–H and O–H groups in total. The largest absolute Gasteiger partial charge is 0.491 e. The Morgan fingerprint density at radius 1 is 0.800 bits per heavy atom. The number of pyridine rings is 1. The van der Waals surface area contributed by atoms with Crippen LogP contribution in [-0.2, 0) is 4.79 Å². The number of carbonyl (C=O) groups excluding carboxylic acids is 1. The fourth-order valence-corrected chi connectivity index (χ4v) is 4.49. The van der Waals surface area contributed by atoms with E-state index in [1.807, 2.05) is 12.1 Å². The number of hydrogen-bond donors (Lipinski definition) is 0. The van der Waals surface area contributed by atoms with Gasteiger partial charge in [-0.15, -0.1) is 0 Å². The molecule has 0 fully saturated rings. The van der Waals surface area contributed by atoms with Gasteiger partial charge >= 0.3 is 5.97 Å². The third kappa shape index (κ3) is 9.72. The van der Waals surface area contributed by atoms with E-state index >= 15 is 0 Å². The quantitative estimate of drug-likeness (QED) is 0.0951. The monoisotopic (exact) mass is 551 g/mol. The van der Waals surface area contributed by atoms with Gasteiger partial charge in [0.1, 0.15) is 5.75 Å². The Kier molecular flexibility index (Phi) is 12.6. The number of aromatic nitrogens is 1. The predicted molar refractivity (Wildman–Crippen MR) is 158 cm³/mol. The van der Waals surface area contributed by atoms with Crippen LogP contribution in [0, 0.1) is 5.82 Å². The van der Waals surface area contributed by atoms with Crippen molar-refractivity contribution in [3.63, 3.8) is 0 Å². The van der Waals surface area contributed by atoms with Crippen molar-refractivity contribution < 1.29 is 23.0 Å². The summed E-state index contributed by atoms with van der Waals surface area (Å²) in [5.41, 5.74) is 1.02. The number of rotatable bonds is 17. The maximum absolute atomic E-state index is 14.9. The Hall–Kier alpha value is -3.28. The number of ether oxygens (including phenoxy) is 2. The summed E-state index contributed by atoms with van der Waals surface area (Å²) in [7, 11) is 0. The normalized spacial score (nSPS) is 12.6. The molecule has 0 aliphatic rings. The second-order valence-corrected chi connectivity index (χ2v) is 10.6. The van der Waals surface area contributed by atoms with Gasteiger partial charge in [-0.3, -0.25) is 4.98 Å². The van der Waals surface area contributed by atoms with Gasteiger partial charge in [-0.2, -0.15) is 0 Å². The fraction of sp³-hybridized carbons (Fsp3) is 0.471. The van der Waals surface area contributed by atoms with Crippen LogP contribution in [0.3, 0.4) is 0 Å². The summed E-state index contributed by atoms with van der Waals surface area (Å²) in [6, 6.07) is 15.5. The highest BCUT2D eigenvalue weighted by atomic mass is 19.1. The van der Waals surface area contributed by atoms with E-state index in [9.17, 15) is 13.6 Å². The van der Waals surface area contributed by atoms with Gasteiger partial charge in [-0.1, -0.05) is 83.4 Å². The van der Waals surface area contributed by atoms with Crippen molar-refractivity contribution in [3.05, 3.63) is 66.6 Å². The molecule has 0 aliphatic heterocycles. The predicted octanol–water partition coefficient (Wildman–Crippen LogP) is 9.90. The zero-order chi connectivity index (χ0) is 28.8. The molecule has 0 radical (unpaired) electrons. The standard InChI is InChI=1S/C34H43F2NO3/c1-4-6-8-10-11-12-22-34(3,36)33(38)40-29-18-14-26(15-19-29)28-16-20-31(37-25-28)27-17-21-32(30(35)24-27)39-23-13-9-7-5-2/h14-21,24-25H,4-13,22-23H2,1-3H3/t34-/m0/s1. The Morgan fingerprint density at radius 3 is 2.08 bits per heavy atom. The van der Waals surface area contributed by atoms with Gasteiger partial charge < -0.3 is 9.47 Å². The zero-order valence-corrected chi connectivity index (χ0v) is 24.2. The van der Waals surface area contributed by atoms with Crippen LogP contribution in [-0.4, -0.2) is 23.2 Å². The van der Waals surface area contributed by atoms with E-state index in [2.05, 4.69) is 18.8 Å². The lowest BCUT2D eigenvalue weighted by molar-refractivity contribution is -0.147. The topological polar surface area (TPSA) is 48.4 Å². The summed E-state index contributed by atoms with van der Waals surface area (Å²) in [6.45, 7) is 6.11. The van der Waals surface area contributed by atoms with Crippen molar-refractivity contribution >= 4 is 5.97 Å². The number of unbranched alkanes of at least 4 members (excludes halogenated alkanes) is 8. The zero-order valence-electron chi connectivity index (χ0n) is 24.2. The van der Waals surface area contributed by atoms with E-state index in [1.165, 1.54) is 25.8 Å². The third-order valence-electron chi connectivity index (χ3n) is 7.07. The minimum absolute atomic E-state index is 0.159. The molecule has 1 aromatic heterocycles. The number of alkyl halides is 1. The van der Waals surface area contributed by atoms with E-state index in [4.69, 9.17) is 9.47 Å². The van der Waals surface area contributed by atoms with Crippen molar-refractivity contribution in [1.29, 1.82) is 0 Å². The van der Waals surface area contributed by atoms with Crippen LogP contribution in [0.5, 0.6) is 11.5 Å². The summed E-state index contributed by atoms with van der Waals surface area (Å²) in [5.74, 6) is -0.707. The molecule has 1 atom stereocenters. The van der Waals surface area contributed by atoms with Crippen LogP contribution in [0.2, 0.25) is 0 Å². The molecule has 0 saturated heterocycles. The molecular weight excluding hydrogens is 508 g/mol. The second-order valence-electron chi connectivity index (χ2n) is 10.6. The summed E-state index contributed by atoms with van der Waals surface area (Å²) in [4.78, 5) is 16.9. The molecule has 1 heterocycles. The first-order valence-electron chi connectivity index (χ1n) is 14.7. The molecule has 0 spiro atoms. The molecule has 3 aromatic rings. The first-order chi connectivity index (χ1) is 19.3. The second kappa shape index (κ2) is 16.1. The average Bonchev–Trinajstić information content (AvgIpc) is 2.96. The number of nitrogens with zero attached hydrogens (tertiary/aromatic N) is 1. The van der Waals surface area contributed by atoms with E-state index in [0.29, 0.717) is 30.0 Å². The molecule has 0 amide bonds. The molecule has 0 bridgehead atoms. The molecule has 0 saturated carbocycles. The van der Waals surface area contributed by atoms with Crippen LogP contribution in [0.15, 0.2) is 60.8 Å². The van der Waals surface area contributed by atoms with Crippen molar-refractivity contribution in [1.82, 2.24) is 4.98 Å². The van der Waals surface area contributed by atoms with Crippen molar-refractivity contribution in [2.75, 3.05) is 6.61 Å². The van der Waals surface area contributed by atoms with Crippen molar-refractivity contribution in [3.8, 4) is 33.9 Å². The number of benzene rings is 2. The van der Waals surface area contributed by atoms with Crippen LogP contribution in [0.4, 0.5) is 8.78 Å². The third-order valence-corrected chi connectivity index (χ3v) is 7.07. The SMILES string of the molecule is CCCCCCCC[C@](C)(F)C(=O)Oc1ccc(-c2ccc(-c3ccc(OCCCCCC)c(F)c3)nc2)cc1. The van der Waals surface area contributed by atoms with Crippen LogP contribution in [0.1, 0.15) is 91.4 Å². The first-order valence-corrected chi connectivity index (χ1v) is 14.7. The van der Waals surface area contributed by atoms with Gasteiger partial charge in [-0.05, 0) is 68.1 Å². The Morgan fingerprint density at radius 2 is 1.43 bits per heavy atom. The summed E-state index contributed by atoms with van der Waals surface area (Å²) < 4.78 is 40.4. The Balaban J connectivity index is 1.53. The van der Waals surface area contributed by atoms with E-state index in [1.54, 1.807) is 42.6 Å². The van der Waals surface area contributed by atoms with E-state index < -0.39 is 17.5 Å². The maximum Gasteiger partial charge on any atom is 0.348 e. The van der Waals surface area contributed by atoms with Gasteiger partial charge in [0, 0.05) is 17.3 Å². The minimum atomic E-state index is -2.01. The molecule has 0 aliphatic carbocycles. The molecule has 0 unspecified atom stereocenters. The lowest BCUT2D eigenvalue weighted by Crippen LogP contribution is -2.34. The van der Waals surface area contributed by atoms with Crippen LogP contribution >= 0.6 is 0 Å². The Bertz CT molecular complexity index is 1180. The average molecular weight is 552 g/mol. The van der Waals surface area contributed by atoms with Gasteiger partial charge in [-0.25, -0.2) is 13.6 Å². The van der Waals surface area contributed by atoms with Gasteiger partial charge in [0.25, 0.3) is 0 Å². The molecule has 4 nitrogen and oxygen atoms in total. The van der Waals surface area contributed by atoms with Gasteiger partial charge in [0.15, 0.2) is 11.6 Å². The number of esters is 1. The highest BCUT2D eigenvalue weighted by Crippen LogP contribution is 2.29. The van der Waals surface area contributed by atoms with Gasteiger partial charge in [0.2, 0.25) is 5.67 Å². The lowest BCUT2D eigenvalue weighted by Gasteiger charge is -2.18. The Labute approximate surface area is 238 Å². The number of halogens is 2. The van der Waals surface area contributed by atoms with Crippen molar-refractivity contribution in [2.24, 2.45) is 0 Å². The summed E-state index contributed by atoms with van der Waals surface area (Å²) in [6.07, 6.45) is 12.3. The maximum atomic E-state index is 14.9. The molecule has 3 rings (SSSR count). The van der Waals surface area contributed by atoms with E-state index in [0.717, 1.165) is 56.1 Å². The molecule has 40 heavy (non-hydrogen) atoms. The molecule has 2 aromatic carbocycles. The minimum Gasteiger partial charge on any atom is -0.491 e. The highest BCUT2D eigenvalue weighted by molar-refractivity contribution is 5.81. The number of hydrogen-bond acceptors (Lipinski definition) is 4. The highest BCUT2D eigenvalue weighted by Gasteiger charge is 2.34. The smallest absolute Gasteiger partial charge is 0.348 e. The lowest BCUT2D eigenvalue weighted by atomic mass is 9.99. The molecule has 216 valence electrons. The summed E-state index contributed by atoms with van der Waals surface area (Å²) >= 11 is 0. The number of carbonyl (C=O) groups is 1. The van der Waals surface area contributed by atoms with Gasteiger partial charge in [0.05, 0.1) is 12.3 Å². The molecule has 6 heteroatoms. The van der Waals surface area contributed by atoms with Crippen LogP contribution < -0.4 is 9.47 Å². The fourth-order valence-electron chi connectivity index (χ4n) is 4.49. The first kappa shape index (κ1) is 31.3. The van der Waals surface area contributed by atoms with Crippen molar-refractivity contribution in [2.45, 2.75) is 97.1 Å². The molecular formula is C34H43F2NO3. The van der Waals surface area contributed by atoms with E-state index in [-0.39, 0.29) is 12.2 Å². The summed E-state index contributed by atoms with van der Waals surface area (Å²) in [5, 5.41) is 0. The van der Waals surface area contributed by atoms with Crippen LogP contribution in [0.25, 0.3) is 22.4 Å².